The minimum absolute atomic E-state index is 1.22. The Labute approximate surface area is 157 Å². The predicted octanol–water partition coefficient (Wildman–Crippen LogP) is 6.92. The number of benzene rings is 1. The van der Waals surface area contributed by atoms with Crippen LogP contribution in [0.3, 0.4) is 0 Å². The van der Waals surface area contributed by atoms with E-state index in [-0.39, 0.29) is 0 Å². The Morgan fingerprint density at radius 2 is 1.28 bits per heavy atom. The van der Waals surface area contributed by atoms with Gasteiger partial charge in [0.25, 0.3) is 0 Å². The fourth-order valence-corrected chi connectivity index (χ4v) is 3.21. The maximum Gasteiger partial charge on any atom is 0.0462 e. The van der Waals surface area contributed by atoms with E-state index in [1.807, 2.05) is 0 Å². The van der Waals surface area contributed by atoms with Gasteiger partial charge in [0, 0.05) is 25.3 Å². The van der Waals surface area contributed by atoms with Gasteiger partial charge in [-0.15, -0.1) is 0 Å². The molecule has 0 N–H and O–H groups in total. The smallest absolute Gasteiger partial charge is 0.0462 e. The van der Waals surface area contributed by atoms with E-state index in [4.69, 9.17) is 5.26 Å². The van der Waals surface area contributed by atoms with Gasteiger partial charge in [0.2, 0.25) is 0 Å². The summed E-state index contributed by atoms with van der Waals surface area (Å²) in [5.41, 5.74) is 4.79. The summed E-state index contributed by atoms with van der Waals surface area (Å²) in [6.07, 6.45) is 12.9. The lowest BCUT2D eigenvalue weighted by Crippen LogP contribution is -2.27. The number of unbranched alkanes of at least 4 members (excludes halogenated alkanes) is 4. The Kier molecular flexibility index (Phi) is 15.1. The second-order valence-corrected chi connectivity index (χ2v) is 6.82. The number of aryl methyl sites for hydroxylation is 1. The molecule has 0 aliphatic heterocycles. The molecule has 0 amide bonds. The van der Waals surface area contributed by atoms with Crippen molar-refractivity contribution in [1.82, 2.24) is 0 Å². The standard InChI is InChI=1S/C22H39N.CHN/c1-5-9-14-20-15-13-17-22(21(20)16-10-6-2)23(18-11-7-3)19-12-8-4;1-2/h13,15,17H,5-12,14,16,18-19H2,1-4H3;1H. The van der Waals surface area contributed by atoms with Crippen LogP contribution in [-0.4, -0.2) is 13.1 Å². The molecule has 0 saturated heterocycles. The first-order valence-corrected chi connectivity index (χ1v) is 10.4. The van der Waals surface area contributed by atoms with Crippen molar-refractivity contribution in [3.8, 4) is 6.57 Å². The highest BCUT2D eigenvalue weighted by molar-refractivity contribution is 5.57. The first-order valence-electron chi connectivity index (χ1n) is 10.4. The summed E-state index contributed by atoms with van der Waals surface area (Å²) < 4.78 is 0. The first kappa shape index (κ1) is 23.5. The highest BCUT2D eigenvalue weighted by Gasteiger charge is 2.13. The molecule has 1 aromatic rings. The number of anilines is 1. The van der Waals surface area contributed by atoms with Gasteiger partial charge in [-0.2, -0.15) is 0 Å². The Hall–Kier alpha value is -1.49. The molecule has 0 bridgehead atoms. The molecule has 1 rings (SSSR count). The fourth-order valence-electron chi connectivity index (χ4n) is 3.21. The van der Waals surface area contributed by atoms with Crippen LogP contribution >= 0.6 is 0 Å². The highest BCUT2D eigenvalue weighted by Crippen LogP contribution is 2.28. The topological polar surface area (TPSA) is 27.0 Å². The van der Waals surface area contributed by atoms with E-state index in [0.717, 1.165) is 0 Å². The average molecular weight is 345 g/mol. The molecule has 0 aliphatic carbocycles. The molecule has 25 heavy (non-hydrogen) atoms. The summed E-state index contributed by atoms with van der Waals surface area (Å²) in [5.74, 6) is 0. The van der Waals surface area contributed by atoms with Crippen molar-refractivity contribution >= 4 is 5.69 Å². The molecular formula is C23H40N2. The van der Waals surface area contributed by atoms with Gasteiger partial charge in [0.15, 0.2) is 0 Å². The number of rotatable bonds is 13. The van der Waals surface area contributed by atoms with Crippen molar-refractivity contribution in [3.05, 3.63) is 29.3 Å². The van der Waals surface area contributed by atoms with Gasteiger partial charge in [0.05, 0.1) is 0 Å². The fraction of sp³-hybridized carbons (Fsp3) is 0.696. The molecule has 2 heteroatoms. The summed E-state index contributed by atoms with van der Waals surface area (Å²) in [6, 6.07) is 7.05. The van der Waals surface area contributed by atoms with Crippen LogP contribution in [0.5, 0.6) is 0 Å². The van der Waals surface area contributed by atoms with Crippen molar-refractivity contribution in [2.75, 3.05) is 18.0 Å². The van der Waals surface area contributed by atoms with E-state index in [1.165, 1.54) is 83.0 Å². The third-order valence-electron chi connectivity index (χ3n) is 4.73. The molecule has 1 aromatic carbocycles. The minimum atomic E-state index is 1.22. The molecule has 0 saturated carbocycles. The van der Waals surface area contributed by atoms with Gasteiger partial charge in [-0.1, -0.05) is 65.5 Å². The Morgan fingerprint density at radius 1 is 0.760 bits per heavy atom. The van der Waals surface area contributed by atoms with Gasteiger partial charge in [-0.25, -0.2) is 5.26 Å². The van der Waals surface area contributed by atoms with E-state index < -0.39 is 0 Å². The van der Waals surface area contributed by atoms with E-state index in [2.05, 4.69) is 57.4 Å². The molecule has 0 radical (unpaired) electrons. The molecule has 0 aromatic heterocycles. The van der Waals surface area contributed by atoms with Crippen molar-refractivity contribution in [2.45, 2.75) is 91.9 Å². The Balaban J connectivity index is 0.00000277. The van der Waals surface area contributed by atoms with Gasteiger partial charge in [0.1, 0.15) is 0 Å². The Morgan fingerprint density at radius 3 is 1.80 bits per heavy atom. The number of nitriles is 1. The van der Waals surface area contributed by atoms with Gasteiger partial charge >= 0.3 is 0 Å². The quantitative estimate of drug-likeness (QED) is 0.388. The number of hydrogen-bond donors (Lipinski definition) is 0. The zero-order valence-corrected chi connectivity index (χ0v) is 17.2. The highest BCUT2D eigenvalue weighted by atomic mass is 15.1. The van der Waals surface area contributed by atoms with Crippen LogP contribution in [0.25, 0.3) is 0 Å². The zero-order chi connectivity index (χ0) is 18.9. The predicted molar refractivity (Wildman–Crippen MR) is 112 cm³/mol. The van der Waals surface area contributed by atoms with Gasteiger partial charge < -0.3 is 4.90 Å². The average Bonchev–Trinajstić information content (AvgIpc) is 2.66. The van der Waals surface area contributed by atoms with E-state index in [1.54, 1.807) is 11.1 Å². The number of hydrogen-bond acceptors (Lipinski definition) is 2. The lowest BCUT2D eigenvalue weighted by atomic mass is 9.95. The second kappa shape index (κ2) is 16.0. The lowest BCUT2D eigenvalue weighted by Gasteiger charge is -2.28. The number of nitrogens with zero attached hydrogens (tertiary/aromatic N) is 2. The van der Waals surface area contributed by atoms with Crippen molar-refractivity contribution in [3.63, 3.8) is 0 Å². The summed E-state index contributed by atoms with van der Waals surface area (Å²) in [6.45, 7) is 15.1. The summed E-state index contributed by atoms with van der Waals surface area (Å²) in [7, 11) is 0. The Bertz CT molecular complexity index is 443. The third kappa shape index (κ3) is 8.96. The SMILES string of the molecule is C#N.CCCCc1cccc(N(CCCC)CCCC)c1CCCC. The third-order valence-corrected chi connectivity index (χ3v) is 4.73. The van der Waals surface area contributed by atoms with E-state index >= 15 is 0 Å². The maximum absolute atomic E-state index is 6.50. The monoisotopic (exact) mass is 344 g/mol. The second-order valence-electron chi connectivity index (χ2n) is 6.82. The van der Waals surface area contributed by atoms with Crippen molar-refractivity contribution in [2.24, 2.45) is 0 Å². The van der Waals surface area contributed by atoms with Crippen molar-refractivity contribution < 1.29 is 0 Å². The van der Waals surface area contributed by atoms with Crippen LogP contribution < -0.4 is 4.90 Å². The molecule has 0 heterocycles. The molecule has 2 nitrogen and oxygen atoms in total. The summed E-state index contributed by atoms with van der Waals surface area (Å²) in [4.78, 5) is 2.67. The normalized spacial score (nSPS) is 10.2. The van der Waals surface area contributed by atoms with Crippen LogP contribution in [0, 0.1) is 11.8 Å². The molecular weight excluding hydrogens is 304 g/mol. The zero-order valence-electron chi connectivity index (χ0n) is 17.2. The van der Waals surface area contributed by atoms with E-state index in [9.17, 15) is 0 Å². The molecule has 142 valence electrons. The van der Waals surface area contributed by atoms with Crippen LogP contribution in [0.2, 0.25) is 0 Å². The molecule has 0 unspecified atom stereocenters. The van der Waals surface area contributed by atoms with Crippen LogP contribution in [0.15, 0.2) is 18.2 Å². The van der Waals surface area contributed by atoms with E-state index in [0.29, 0.717) is 0 Å². The van der Waals surface area contributed by atoms with Gasteiger partial charge in [-0.05, 0) is 55.7 Å². The summed E-state index contributed by atoms with van der Waals surface area (Å²) >= 11 is 0. The van der Waals surface area contributed by atoms with Crippen LogP contribution in [0.4, 0.5) is 5.69 Å². The maximum atomic E-state index is 6.50. The molecule has 0 spiro atoms. The van der Waals surface area contributed by atoms with Gasteiger partial charge in [-0.3, -0.25) is 0 Å². The molecule has 0 aliphatic rings. The van der Waals surface area contributed by atoms with Crippen LogP contribution in [-0.2, 0) is 12.8 Å². The molecule has 0 fully saturated rings. The molecule has 0 atom stereocenters. The lowest BCUT2D eigenvalue weighted by molar-refractivity contribution is 0.670. The minimum Gasteiger partial charge on any atom is -0.371 e. The van der Waals surface area contributed by atoms with Crippen molar-refractivity contribution in [1.29, 1.82) is 5.26 Å². The first-order chi connectivity index (χ1) is 12.3. The van der Waals surface area contributed by atoms with Crippen LogP contribution in [0.1, 0.15) is 90.2 Å². The summed E-state index contributed by atoms with van der Waals surface area (Å²) in [5, 5.41) is 6.50. The largest absolute Gasteiger partial charge is 0.371 e.